The minimum atomic E-state index is -0.480. The van der Waals surface area contributed by atoms with Gasteiger partial charge in [-0.3, -0.25) is 4.79 Å². The summed E-state index contributed by atoms with van der Waals surface area (Å²) in [6.45, 7) is 6.27. The smallest absolute Gasteiger partial charge is 0.407 e. The Hall–Kier alpha value is -1.10. The number of alkyl carbamates (subject to hydrolysis) is 1. The Labute approximate surface area is 96.9 Å². The fourth-order valence-corrected chi connectivity index (χ4v) is 1.08. The standard InChI is InChI=1S/C11H22N2O3/c1-11(2,3)16-10(15)13-7-5-6-9(14)8-12-4/h12H,5-8H2,1-4H3,(H,13,15). The molecule has 0 rings (SSSR count). The first-order valence-electron chi connectivity index (χ1n) is 5.48. The third kappa shape index (κ3) is 9.45. The molecule has 5 heteroatoms. The molecular formula is C11H22N2O3. The molecule has 0 bridgehead atoms. The van der Waals surface area contributed by atoms with Gasteiger partial charge in [0.05, 0.1) is 6.54 Å². The van der Waals surface area contributed by atoms with Crippen molar-refractivity contribution < 1.29 is 14.3 Å². The molecule has 0 aromatic heterocycles. The molecule has 0 saturated heterocycles. The number of hydrogen-bond acceptors (Lipinski definition) is 4. The van der Waals surface area contributed by atoms with E-state index in [9.17, 15) is 9.59 Å². The molecule has 0 aliphatic heterocycles. The van der Waals surface area contributed by atoms with Gasteiger partial charge in [-0.1, -0.05) is 0 Å². The number of hydrogen-bond donors (Lipinski definition) is 2. The zero-order chi connectivity index (χ0) is 12.6. The monoisotopic (exact) mass is 230 g/mol. The molecule has 94 valence electrons. The number of ketones is 1. The molecule has 0 atom stereocenters. The number of likely N-dealkylation sites (N-methyl/N-ethyl adjacent to an activating group) is 1. The summed E-state index contributed by atoms with van der Waals surface area (Å²) in [5.41, 5.74) is -0.480. The first-order valence-corrected chi connectivity index (χ1v) is 5.48. The van der Waals surface area contributed by atoms with Gasteiger partial charge in [0.15, 0.2) is 0 Å². The lowest BCUT2D eigenvalue weighted by molar-refractivity contribution is -0.118. The number of rotatable bonds is 6. The molecule has 0 fully saturated rings. The van der Waals surface area contributed by atoms with Crippen molar-refractivity contribution in [2.24, 2.45) is 0 Å². The predicted molar refractivity (Wildman–Crippen MR) is 62.4 cm³/mol. The Morgan fingerprint density at radius 3 is 2.38 bits per heavy atom. The third-order valence-electron chi connectivity index (χ3n) is 1.67. The Kier molecular flexibility index (Phi) is 6.72. The van der Waals surface area contributed by atoms with Crippen molar-refractivity contribution >= 4 is 11.9 Å². The van der Waals surface area contributed by atoms with Crippen LogP contribution in [0.4, 0.5) is 4.79 Å². The summed E-state index contributed by atoms with van der Waals surface area (Å²) < 4.78 is 5.04. The second-order valence-electron chi connectivity index (χ2n) is 4.60. The summed E-state index contributed by atoms with van der Waals surface area (Å²) >= 11 is 0. The first-order chi connectivity index (χ1) is 7.35. The molecule has 5 nitrogen and oxygen atoms in total. The summed E-state index contributed by atoms with van der Waals surface area (Å²) in [5.74, 6) is 0.147. The van der Waals surface area contributed by atoms with Gasteiger partial charge in [-0.2, -0.15) is 0 Å². The average Bonchev–Trinajstić information content (AvgIpc) is 2.10. The molecule has 0 aromatic rings. The van der Waals surface area contributed by atoms with E-state index in [1.165, 1.54) is 0 Å². The number of ether oxygens (including phenoxy) is 1. The second-order valence-corrected chi connectivity index (χ2v) is 4.60. The second kappa shape index (κ2) is 7.22. The third-order valence-corrected chi connectivity index (χ3v) is 1.67. The summed E-state index contributed by atoms with van der Waals surface area (Å²) in [7, 11) is 1.73. The van der Waals surface area contributed by atoms with E-state index in [0.29, 0.717) is 25.9 Å². The number of carbonyl (C=O) groups is 2. The Morgan fingerprint density at radius 2 is 1.88 bits per heavy atom. The molecule has 16 heavy (non-hydrogen) atoms. The van der Waals surface area contributed by atoms with Crippen LogP contribution in [-0.4, -0.2) is 37.6 Å². The largest absolute Gasteiger partial charge is 0.444 e. The highest BCUT2D eigenvalue weighted by atomic mass is 16.6. The molecule has 0 aliphatic rings. The fourth-order valence-electron chi connectivity index (χ4n) is 1.08. The normalized spacial score (nSPS) is 11.0. The maximum atomic E-state index is 11.2. The van der Waals surface area contributed by atoms with Crippen molar-refractivity contribution in [1.29, 1.82) is 0 Å². The Balaban J connectivity index is 3.52. The van der Waals surface area contributed by atoms with Crippen LogP contribution in [0.25, 0.3) is 0 Å². The van der Waals surface area contributed by atoms with Gasteiger partial charge >= 0.3 is 6.09 Å². The van der Waals surface area contributed by atoms with E-state index in [-0.39, 0.29) is 5.78 Å². The Bertz CT molecular complexity index is 234. The molecule has 2 N–H and O–H groups in total. The number of amides is 1. The fraction of sp³-hybridized carbons (Fsp3) is 0.818. The lowest BCUT2D eigenvalue weighted by Gasteiger charge is -2.19. The highest BCUT2D eigenvalue weighted by Gasteiger charge is 2.15. The predicted octanol–water partition coefficient (Wildman–Crippen LogP) is 1.08. The molecule has 0 spiro atoms. The van der Waals surface area contributed by atoms with Gasteiger partial charge in [0.2, 0.25) is 0 Å². The molecule has 0 saturated carbocycles. The van der Waals surface area contributed by atoms with Crippen LogP contribution in [0.1, 0.15) is 33.6 Å². The van der Waals surface area contributed by atoms with Crippen LogP contribution >= 0.6 is 0 Å². The molecule has 0 unspecified atom stereocenters. The Morgan fingerprint density at radius 1 is 1.25 bits per heavy atom. The molecule has 0 aromatic carbocycles. The van der Waals surface area contributed by atoms with Crippen LogP contribution in [-0.2, 0) is 9.53 Å². The van der Waals surface area contributed by atoms with Gasteiger partial charge in [-0.15, -0.1) is 0 Å². The van der Waals surface area contributed by atoms with Crippen molar-refractivity contribution in [3.05, 3.63) is 0 Å². The van der Waals surface area contributed by atoms with E-state index >= 15 is 0 Å². The molecular weight excluding hydrogens is 208 g/mol. The van der Waals surface area contributed by atoms with Gasteiger partial charge in [-0.05, 0) is 34.2 Å². The number of carbonyl (C=O) groups excluding carboxylic acids is 2. The molecule has 0 heterocycles. The van der Waals surface area contributed by atoms with Crippen molar-refractivity contribution in [1.82, 2.24) is 10.6 Å². The van der Waals surface area contributed by atoms with E-state index in [1.54, 1.807) is 7.05 Å². The van der Waals surface area contributed by atoms with Crippen molar-refractivity contribution in [2.75, 3.05) is 20.1 Å². The van der Waals surface area contributed by atoms with Crippen molar-refractivity contribution in [3.63, 3.8) is 0 Å². The lowest BCUT2D eigenvalue weighted by atomic mass is 10.2. The van der Waals surface area contributed by atoms with E-state index in [1.807, 2.05) is 20.8 Å². The van der Waals surface area contributed by atoms with Crippen LogP contribution in [0.3, 0.4) is 0 Å². The van der Waals surface area contributed by atoms with E-state index < -0.39 is 11.7 Å². The van der Waals surface area contributed by atoms with Gasteiger partial charge < -0.3 is 15.4 Å². The lowest BCUT2D eigenvalue weighted by Crippen LogP contribution is -2.33. The zero-order valence-corrected chi connectivity index (χ0v) is 10.6. The zero-order valence-electron chi connectivity index (χ0n) is 10.6. The topological polar surface area (TPSA) is 67.4 Å². The van der Waals surface area contributed by atoms with Gasteiger partial charge in [0.1, 0.15) is 11.4 Å². The first kappa shape index (κ1) is 14.9. The van der Waals surface area contributed by atoms with Gasteiger partial charge in [-0.25, -0.2) is 4.79 Å². The molecule has 0 radical (unpaired) electrons. The van der Waals surface area contributed by atoms with Crippen LogP contribution in [0, 0.1) is 0 Å². The molecule has 0 aliphatic carbocycles. The van der Waals surface area contributed by atoms with E-state index in [0.717, 1.165) is 0 Å². The molecule has 1 amide bonds. The van der Waals surface area contributed by atoms with Crippen LogP contribution in [0.15, 0.2) is 0 Å². The van der Waals surface area contributed by atoms with Crippen LogP contribution < -0.4 is 10.6 Å². The highest BCUT2D eigenvalue weighted by Crippen LogP contribution is 2.06. The van der Waals surface area contributed by atoms with Crippen LogP contribution in [0.5, 0.6) is 0 Å². The van der Waals surface area contributed by atoms with Gasteiger partial charge in [0.25, 0.3) is 0 Å². The van der Waals surface area contributed by atoms with Crippen LogP contribution in [0.2, 0.25) is 0 Å². The van der Waals surface area contributed by atoms with E-state index in [2.05, 4.69) is 10.6 Å². The van der Waals surface area contributed by atoms with E-state index in [4.69, 9.17) is 4.74 Å². The quantitative estimate of drug-likeness (QED) is 0.670. The van der Waals surface area contributed by atoms with Gasteiger partial charge in [0, 0.05) is 13.0 Å². The SMILES string of the molecule is CNCC(=O)CCCNC(=O)OC(C)(C)C. The maximum absolute atomic E-state index is 11.2. The highest BCUT2D eigenvalue weighted by molar-refractivity contribution is 5.80. The minimum absolute atomic E-state index is 0.147. The summed E-state index contributed by atoms with van der Waals surface area (Å²) in [6.07, 6.45) is 0.671. The average molecular weight is 230 g/mol. The van der Waals surface area contributed by atoms with Crippen molar-refractivity contribution in [3.8, 4) is 0 Å². The van der Waals surface area contributed by atoms with Crippen molar-refractivity contribution in [2.45, 2.75) is 39.2 Å². The summed E-state index contributed by atoms with van der Waals surface area (Å²) in [4.78, 5) is 22.3. The summed E-state index contributed by atoms with van der Waals surface area (Å²) in [5, 5.41) is 5.39. The summed E-state index contributed by atoms with van der Waals surface area (Å²) in [6, 6.07) is 0. The number of nitrogens with one attached hydrogen (secondary N) is 2. The minimum Gasteiger partial charge on any atom is -0.444 e. The number of Topliss-reactive ketones (excluding diaryl/α,β-unsaturated/α-hetero) is 1. The maximum Gasteiger partial charge on any atom is 0.407 e.